The Balaban J connectivity index is 2.19. The van der Waals surface area contributed by atoms with Crippen molar-refractivity contribution < 1.29 is 9.53 Å². The van der Waals surface area contributed by atoms with Crippen molar-refractivity contribution in [2.24, 2.45) is 0 Å². The van der Waals surface area contributed by atoms with Crippen LogP contribution in [-0.2, 0) is 6.54 Å². The summed E-state index contributed by atoms with van der Waals surface area (Å²) in [5.41, 5.74) is 0.376. The number of rotatable bonds is 4. The highest BCUT2D eigenvalue weighted by molar-refractivity contribution is 6.37. The summed E-state index contributed by atoms with van der Waals surface area (Å²) < 4.78 is 5.06. The molecule has 21 heavy (non-hydrogen) atoms. The minimum Gasteiger partial charge on any atom is -0.494 e. The van der Waals surface area contributed by atoms with Crippen LogP contribution in [0.25, 0.3) is 0 Å². The number of halogens is 2. The summed E-state index contributed by atoms with van der Waals surface area (Å²) in [6.45, 7) is 2.08. The van der Waals surface area contributed by atoms with Crippen molar-refractivity contribution in [1.29, 1.82) is 0 Å². The van der Waals surface area contributed by atoms with E-state index in [1.807, 2.05) is 0 Å². The van der Waals surface area contributed by atoms with E-state index in [1.165, 1.54) is 24.1 Å². The molecule has 0 fully saturated rings. The van der Waals surface area contributed by atoms with Crippen LogP contribution in [0.15, 0.2) is 12.1 Å². The molecule has 0 spiro atoms. The number of carbonyl (C=O) groups is 1. The maximum atomic E-state index is 12.4. The average molecular weight is 329 g/mol. The molecule has 1 heterocycles. The summed E-state index contributed by atoms with van der Waals surface area (Å²) in [7, 11) is 3.12. The average Bonchev–Trinajstić information content (AvgIpc) is 2.82. The van der Waals surface area contributed by atoms with Gasteiger partial charge >= 0.3 is 0 Å². The summed E-state index contributed by atoms with van der Waals surface area (Å²) in [6, 6.07) is 3.04. The number of methoxy groups -OCH3 is 1. The van der Waals surface area contributed by atoms with E-state index in [2.05, 4.69) is 15.2 Å². The Kier molecular flexibility index (Phi) is 4.69. The number of aryl methyl sites for hydroxylation is 1. The third-order valence-electron chi connectivity index (χ3n) is 2.82. The second-order valence-electron chi connectivity index (χ2n) is 4.47. The highest BCUT2D eigenvalue weighted by Crippen LogP contribution is 2.34. The van der Waals surface area contributed by atoms with Crippen LogP contribution in [0.3, 0.4) is 0 Å². The molecule has 2 aromatic rings. The molecular weight excluding hydrogens is 315 g/mol. The van der Waals surface area contributed by atoms with Crippen molar-refractivity contribution in [3.8, 4) is 5.75 Å². The molecule has 1 N–H and O–H groups in total. The fourth-order valence-electron chi connectivity index (χ4n) is 1.84. The topological polar surface area (TPSA) is 71.1 Å². The molecule has 2 rings (SSSR count). The Bertz CT molecular complexity index is 649. The molecule has 0 unspecified atom stereocenters. The Morgan fingerprint density at radius 1 is 1.38 bits per heavy atom. The van der Waals surface area contributed by atoms with E-state index in [0.29, 0.717) is 23.0 Å². The number of amides is 1. The molecule has 0 atom stereocenters. The first kappa shape index (κ1) is 15.6. The van der Waals surface area contributed by atoms with Crippen molar-refractivity contribution in [1.82, 2.24) is 20.1 Å². The number of H-pyrrole nitrogens is 1. The first-order valence-electron chi connectivity index (χ1n) is 6.08. The summed E-state index contributed by atoms with van der Waals surface area (Å²) in [4.78, 5) is 18.0. The minimum absolute atomic E-state index is 0.232. The van der Waals surface area contributed by atoms with Crippen LogP contribution in [0.5, 0.6) is 5.75 Å². The number of aromatic amines is 1. The fourth-order valence-corrected chi connectivity index (χ4v) is 2.48. The van der Waals surface area contributed by atoms with E-state index in [4.69, 9.17) is 27.9 Å². The maximum absolute atomic E-state index is 12.4. The molecule has 1 amide bonds. The summed E-state index contributed by atoms with van der Waals surface area (Å²) in [5, 5.41) is 7.30. The highest BCUT2D eigenvalue weighted by Gasteiger charge is 2.18. The largest absolute Gasteiger partial charge is 0.494 e. The molecule has 112 valence electrons. The first-order valence-corrected chi connectivity index (χ1v) is 6.84. The Morgan fingerprint density at radius 3 is 2.48 bits per heavy atom. The standard InChI is InChI=1S/C13H14Cl2N4O2/c1-7-16-11(18-17-7)6-19(2)13(20)8-4-9(14)12(21-3)10(15)5-8/h4-5H,6H2,1-3H3,(H,16,17,18). The smallest absolute Gasteiger partial charge is 0.254 e. The van der Waals surface area contributed by atoms with Crippen molar-refractivity contribution in [2.75, 3.05) is 14.2 Å². The normalized spacial score (nSPS) is 10.5. The van der Waals surface area contributed by atoms with Crippen LogP contribution >= 0.6 is 23.2 Å². The fraction of sp³-hybridized carbons (Fsp3) is 0.308. The van der Waals surface area contributed by atoms with Crippen molar-refractivity contribution >= 4 is 29.1 Å². The Morgan fingerprint density at radius 2 is 2.00 bits per heavy atom. The van der Waals surface area contributed by atoms with E-state index in [-0.39, 0.29) is 22.5 Å². The lowest BCUT2D eigenvalue weighted by molar-refractivity contribution is 0.0781. The van der Waals surface area contributed by atoms with Gasteiger partial charge in [-0.05, 0) is 19.1 Å². The third kappa shape index (κ3) is 3.46. The van der Waals surface area contributed by atoms with Gasteiger partial charge in [0.25, 0.3) is 5.91 Å². The van der Waals surface area contributed by atoms with E-state index in [0.717, 1.165) is 0 Å². The van der Waals surface area contributed by atoms with Crippen LogP contribution in [0.4, 0.5) is 0 Å². The van der Waals surface area contributed by atoms with Gasteiger partial charge in [0, 0.05) is 12.6 Å². The highest BCUT2D eigenvalue weighted by atomic mass is 35.5. The molecule has 0 aliphatic rings. The maximum Gasteiger partial charge on any atom is 0.254 e. The number of nitrogens with zero attached hydrogens (tertiary/aromatic N) is 3. The molecule has 0 bridgehead atoms. The number of hydrogen-bond acceptors (Lipinski definition) is 4. The Hall–Kier alpha value is -1.79. The van der Waals surface area contributed by atoms with Crippen LogP contribution in [-0.4, -0.2) is 40.1 Å². The van der Waals surface area contributed by atoms with Gasteiger partial charge in [-0.3, -0.25) is 9.89 Å². The van der Waals surface area contributed by atoms with E-state index >= 15 is 0 Å². The molecule has 0 aliphatic carbocycles. The second-order valence-corrected chi connectivity index (χ2v) is 5.29. The predicted octanol–water partition coefficient (Wildman–Crippen LogP) is 2.70. The van der Waals surface area contributed by atoms with Crippen molar-refractivity contribution in [3.63, 3.8) is 0 Å². The van der Waals surface area contributed by atoms with Crippen LogP contribution in [0.2, 0.25) is 10.0 Å². The quantitative estimate of drug-likeness (QED) is 0.936. The van der Waals surface area contributed by atoms with Gasteiger partial charge in [0.05, 0.1) is 23.7 Å². The van der Waals surface area contributed by atoms with Crippen LogP contribution in [0, 0.1) is 6.92 Å². The van der Waals surface area contributed by atoms with Gasteiger partial charge in [0.1, 0.15) is 5.82 Å². The van der Waals surface area contributed by atoms with Gasteiger partial charge in [0.15, 0.2) is 11.6 Å². The second kappa shape index (κ2) is 6.32. The SMILES string of the molecule is COc1c(Cl)cc(C(=O)N(C)Cc2n[nH]c(C)n2)cc1Cl. The van der Waals surface area contributed by atoms with E-state index in [1.54, 1.807) is 14.0 Å². The van der Waals surface area contributed by atoms with Gasteiger partial charge < -0.3 is 9.64 Å². The third-order valence-corrected chi connectivity index (χ3v) is 3.38. The van der Waals surface area contributed by atoms with E-state index in [9.17, 15) is 4.79 Å². The zero-order valence-electron chi connectivity index (χ0n) is 11.8. The van der Waals surface area contributed by atoms with Crippen LogP contribution < -0.4 is 4.74 Å². The number of benzene rings is 1. The Labute approximate surface area is 132 Å². The summed E-state index contributed by atoms with van der Waals surface area (Å²) in [5.74, 6) is 1.35. The molecule has 8 heteroatoms. The lowest BCUT2D eigenvalue weighted by Gasteiger charge is -2.16. The molecule has 1 aromatic heterocycles. The van der Waals surface area contributed by atoms with Gasteiger partial charge in [-0.2, -0.15) is 5.10 Å². The zero-order chi connectivity index (χ0) is 15.6. The van der Waals surface area contributed by atoms with E-state index < -0.39 is 0 Å². The molecule has 0 saturated carbocycles. The molecule has 6 nitrogen and oxygen atoms in total. The molecule has 0 saturated heterocycles. The van der Waals surface area contributed by atoms with Gasteiger partial charge in [0.2, 0.25) is 0 Å². The van der Waals surface area contributed by atoms with Gasteiger partial charge in [-0.15, -0.1) is 0 Å². The number of carbonyl (C=O) groups excluding carboxylic acids is 1. The van der Waals surface area contributed by atoms with Crippen molar-refractivity contribution in [3.05, 3.63) is 39.4 Å². The molecular formula is C13H14Cl2N4O2. The van der Waals surface area contributed by atoms with Gasteiger partial charge in [-0.1, -0.05) is 23.2 Å². The zero-order valence-corrected chi connectivity index (χ0v) is 13.3. The van der Waals surface area contributed by atoms with Crippen LogP contribution in [0.1, 0.15) is 22.0 Å². The number of ether oxygens (including phenoxy) is 1. The number of aromatic nitrogens is 3. The monoisotopic (exact) mass is 328 g/mol. The summed E-state index contributed by atoms with van der Waals surface area (Å²) in [6.07, 6.45) is 0. The molecule has 1 aromatic carbocycles. The molecule has 0 aliphatic heterocycles. The first-order chi connectivity index (χ1) is 9.92. The summed E-state index contributed by atoms with van der Waals surface area (Å²) >= 11 is 12.1. The minimum atomic E-state index is -0.232. The predicted molar refractivity (Wildman–Crippen MR) is 79.9 cm³/mol. The lowest BCUT2D eigenvalue weighted by Crippen LogP contribution is -2.26. The number of nitrogens with one attached hydrogen (secondary N) is 1. The number of hydrogen-bond donors (Lipinski definition) is 1. The lowest BCUT2D eigenvalue weighted by atomic mass is 10.2. The molecule has 0 radical (unpaired) electrons. The van der Waals surface area contributed by atoms with Gasteiger partial charge in [-0.25, -0.2) is 4.98 Å². The van der Waals surface area contributed by atoms with Crippen molar-refractivity contribution in [2.45, 2.75) is 13.5 Å².